The Kier molecular flexibility index (Phi) is 2.03. The van der Waals surface area contributed by atoms with Crippen LogP contribution in [0.2, 0.25) is 0 Å². The van der Waals surface area contributed by atoms with Gasteiger partial charge in [0, 0.05) is 0 Å². The third-order valence-electron chi connectivity index (χ3n) is 1.07. The molecule has 0 bridgehead atoms. The highest BCUT2D eigenvalue weighted by Crippen LogP contribution is 2.10. The third-order valence-corrected chi connectivity index (χ3v) is 1.81. The Labute approximate surface area is 61.1 Å². The summed E-state index contributed by atoms with van der Waals surface area (Å²) in [5.41, 5.74) is 0. The molecule has 0 amide bonds. The Hall–Kier alpha value is -0.870. The van der Waals surface area contributed by atoms with Crippen LogP contribution in [0, 0.1) is 0 Å². The van der Waals surface area contributed by atoms with Gasteiger partial charge in [0.25, 0.3) is 0 Å². The first-order valence-electron chi connectivity index (χ1n) is 2.65. The molecule has 4 heteroatoms. The minimum Gasteiger partial charge on any atom is -0.508 e. The van der Waals surface area contributed by atoms with Gasteiger partial charge < -0.3 is 5.11 Å². The van der Waals surface area contributed by atoms with E-state index in [1.807, 2.05) is 0 Å². The van der Waals surface area contributed by atoms with Crippen molar-refractivity contribution in [1.29, 1.82) is 0 Å². The summed E-state index contributed by atoms with van der Waals surface area (Å²) in [6.45, 7) is 0. The van der Waals surface area contributed by atoms with Gasteiger partial charge in [0.05, 0.1) is 4.90 Å². The molecule has 0 radical (unpaired) electrons. The molecule has 1 aromatic rings. The Morgan fingerprint density at radius 3 is 2.20 bits per heavy atom. The summed E-state index contributed by atoms with van der Waals surface area (Å²) in [4.78, 5) is 0.512. The van der Waals surface area contributed by atoms with Gasteiger partial charge in [-0.3, -0.25) is 0 Å². The molecule has 3 N–H and O–H groups in total. The average molecular weight is 157 g/mol. The molecule has 54 valence electrons. The molecule has 0 saturated carbocycles. The summed E-state index contributed by atoms with van der Waals surface area (Å²) in [5, 5.41) is 13.9. The third kappa shape index (κ3) is 1.55. The smallest absolute Gasteiger partial charge is 0.122 e. The van der Waals surface area contributed by atoms with Crippen molar-refractivity contribution in [1.82, 2.24) is 0 Å². The summed E-state index contributed by atoms with van der Waals surface area (Å²) in [5.74, 6) is 0.147. The number of phenols is 1. The summed E-state index contributed by atoms with van der Waals surface area (Å²) < 4.78 is 10.6. The van der Waals surface area contributed by atoms with Crippen molar-refractivity contribution >= 4 is 11.0 Å². The number of hydrogen-bond donors (Lipinski definition) is 2. The lowest BCUT2D eigenvalue weighted by Gasteiger charge is -1.93. The second-order valence-electron chi connectivity index (χ2n) is 1.79. The van der Waals surface area contributed by atoms with E-state index in [-0.39, 0.29) is 5.75 Å². The summed E-state index contributed by atoms with van der Waals surface area (Å²) in [7, 11) is -1.45. The van der Waals surface area contributed by atoms with E-state index in [9.17, 15) is 4.21 Å². The minimum atomic E-state index is -1.45. The van der Waals surface area contributed by atoms with Crippen LogP contribution in [0.3, 0.4) is 0 Å². The van der Waals surface area contributed by atoms with Crippen LogP contribution in [0.4, 0.5) is 0 Å². The fourth-order valence-corrected chi connectivity index (χ4v) is 0.985. The number of rotatable bonds is 1. The lowest BCUT2D eigenvalue weighted by Crippen LogP contribution is -2.01. The van der Waals surface area contributed by atoms with E-state index in [0.717, 1.165) is 0 Å². The lowest BCUT2D eigenvalue weighted by molar-refractivity contribution is 0.475. The highest BCUT2D eigenvalue weighted by atomic mass is 32.2. The average Bonchev–Trinajstić information content (AvgIpc) is 1.88. The minimum absolute atomic E-state index is 0.147. The Morgan fingerprint density at radius 2 is 1.80 bits per heavy atom. The fourth-order valence-electron chi connectivity index (χ4n) is 0.580. The number of phenolic OH excluding ortho intramolecular Hbond substituents is 1. The zero-order valence-electron chi connectivity index (χ0n) is 5.15. The van der Waals surface area contributed by atoms with Gasteiger partial charge >= 0.3 is 0 Å². The van der Waals surface area contributed by atoms with Crippen LogP contribution < -0.4 is 5.14 Å². The van der Waals surface area contributed by atoms with Crippen LogP contribution in [0.1, 0.15) is 0 Å². The molecule has 0 aliphatic rings. The van der Waals surface area contributed by atoms with Gasteiger partial charge in [-0.25, -0.2) is 9.35 Å². The van der Waals surface area contributed by atoms with Crippen molar-refractivity contribution in [3.63, 3.8) is 0 Å². The standard InChI is InChI=1S/C6H7NO2S/c7-10(9)6-3-1-5(8)2-4-6/h1-4,8H,7H2. The Morgan fingerprint density at radius 1 is 1.30 bits per heavy atom. The maximum absolute atomic E-state index is 10.6. The van der Waals surface area contributed by atoms with E-state index in [4.69, 9.17) is 10.2 Å². The van der Waals surface area contributed by atoms with Crippen molar-refractivity contribution in [2.45, 2.75) is 4.90 Å². The largest absolute Gasteiger partial charge is 0.508 e. The molecule has 0 heterocycles. The highest BCUT2D eigenvalue weighted by Gasteiger charge is 1.95. The second-order valence-corrected chi connectivity index (χ2v) is 2.86. The van der Waals surface area contributed by atoms with Gasteiger partial charge in [-0.2, -0.15) is 0 Å². The molecule has 0 spiro atoms. The molecule has 0 aliphatic heterocycles. The van der Waals surface area contributed by atoms with Crippen molar-refractivity contribution in [2.24, 2.45) is 5.14 Å². The van der Waals surface area contributed by atoms with Crippen LogP contribution in [0.5, 0.6) is 5.75 Å². The lowest BCUT2D eigenvalue weighted by atomic mass is 10.3. The van der Waals surface area contributed by atoms with Crippen molar-refractivity contribution in [3.05, 3.63) is 24.3 Å². The topological polar surface area (TPSA) is 63.3 Å². The van der Waals surface area contributed by atoms with Crippen molar-refractivity contribution in [3.8, 4) is 5.75 Å². The molecular formula is C6H7NO2S. The molecule has 1 unspecified atom stereocenters. The molecule has 1 rings (SSSR count). The van der Waals surface area contributed by atoms with Gasteiger partial charge in [-0.1, -0.05) is 0 Å². The summed E-state index contributed by atoms with van der Waals surface area (Å²) in [6, 6.07) is 5.93. The van der Waals surface area contributed by atoms with E-state index in [1.54, 1.807) is 0 Å². The number of aromatic hydroxyl groups is 1. The zero-order valence-corrected chi connectivity index (χ0v) is 5.97. The summed E-state index contributed by atoms with van der Waals surface area (Å²) in [6.07, 6.45) is 0. The molecule has 0 aliphatic carbocycles. The van der Waals surface area contributed by atoms with Gasteiger partial charge in [-0.15, -0.1) is 0 Å². The van der Waals surface area contributed by atoms with Gasteiger partial charge in [0.2, 0.25) is 0 Å². The monoisotopic (exact) mass is 157 g/mol. The first-order valence-corrected chi connectivity index (χ1v) is 3.86. The predicted molar refractivity (Wildman–Crippen MR) is 38.7 cm³/mol. The molecule has 0 aromatic heterocycles. The molecule has 0 saturated heterocycles. The van der Waals surface area contributed by atoms with Gasteiger partial charge in [0.15, 0.2) is 0 Å². The van der Waals surface area contributed by atoms with E-state index in [2.05, 4.69) is 0 Å². The zero-order chi connectivity index (χ0) is 7.56. The molecule has 3 nitrogen and oxygen atoms in total. The number of benzene rings is 1. The number of nitrogens with two attached hydrogens (primary N) is 1. The van der Waals surface area contributed by atoms with Gasteiger partial charge in [0.1, 0.15) is 16.7 Å². The molecule has 1 aromatic carbocycles. The van der Waals surface area contributed by atoms with Crippen LogP contribution in [-0.4, -0.2) is 9.32 Å². The van der Waals surface area contributed by atoms with Crippen molar-refractivity contribution < 1.29 is 9.32 Å². The van der Waals surface area contributed by atoms with E-state index in [0.29, 0.717) is 4.90 Å². The van der Waals surface area contributed by atoms with Crippen molar-refractivity contribution in [2.75, 3.05) is 0 Å². The fraction of sp³-hybridized carbons (Fsp3) is 0. The number of hydrogen-bond acceptors (Lipinski definition) is 2. The normalized spacial score (nSPS) is 12.9. The van der Waals surface area contributed by atoms with Crippen LogP contribution in [0.15, 0.2) is 29.2 Å². The van der Waals surface area contributed by atoms with E-state index in [1.165, 1.54) is 24.3 Å². The predicted octanol–water partition coefficient (Wildman–Crippen LogP) is 0.374. The molecule has 10 heavy (non-hydrogen) atoms. The van der Waals surface area contributed by atoms with Crippen LogP contribution >= 0.6 is 0 Å². The molecular weight excluding hydrogens is 150 g/mol. The Balaban J connectivity index is 3.00. The first kappa shape index (κ1) is 7.24. The second kappa shape index (κ2) is 2.81. The summed E-state index contributed by atoms with van der Waals surface area (Å²) >= 11 is 0. The van der Waals surface area contributed by atoms with Crippen LogP contribution in [-0.2, 0) is 11.0 Å². The maximum atomic E-state index is 10.6. The molecule has 1 atom stereocenters. The van der Waals surface area contributed by atoms with E-state index < -0.39 is 11.0 Å². The molecule has 0 fully saturated rings. The van der Waals surface area contributed by atoms with Gasteiger partial charge in [-0.05, 0) is 24.3 Å². The Bertz CT molecular complexity index is 244. The quantitative estimate of drug-likeness (QED) is 0.618. The SMILES string of the molecule is NS(=O)c1ccc(O)cc1. The first-order chi connectivity index (χ1) is 4.70. The van der Waals surface area contributed by atoms with E-state index >= 15 is 0 Å². The van der Waals surface area contributed by atoms with Crippen LogP contribution in [0.25, 0.3) is 0 Å². The highest BCUT2D eigenvalue weighted by molar-refractivity contribution is 7.82. The maximum Gasteiger partial charge on any atom is 0.122 e.